The number of carbonyl (C=O) groups excluding carboxylic acids is 3. The van der Waals surface area contributed by atoms with Crippen LogP contribution in [0.25, 0.3) is 0 Å². The van der Waals surface area contributed by atoms with Crippen molar-refractivity contribution in [3.63, 3.8) is 0 Å². The molecule has 0 aromatic heterocycles. The molecule has 0 bridgehead atoms. The van der Waals surface area contributed by atoms with Crippen molar-refractivity contribution in [1.29, 1.82) is 0 Å². The molecule has 1 fully saturated rings. The summed E-state index contributed by atoms with van der Waals surface area (Å²) in [6, 6.07) is -1.86. The monoisotopic (exact) mass is 781 g/mol. The Morgan fingerprint density at radius 3 is 1.65 bits per heavy atom. The second kappa shape index (κ2) is 32.0. The van der Waals surface area contributed by atoms with E-state index in [0.717, 1.165) is 57.8 Å². The molecule has 6 atom stereocenters. The zero-order valence-corrected chi connectivity index (χ0v) is 35.5. The molecule has 0 aliphatic carbocycles. The normalized spacial score (nSPS) is 21.1. The quantitative estimate of drug-likeness (QED) is 0.0219. The lowest BCUT2D eigenvalue weighted by Gasteiger charge is -2.51. The van der Waals surface area contributed by atoms with Gasteiger partial charge in [0.2, 0.25) is 23.6 Å². The Morgan fingerprint density at radius 1 is 0.727 bits per heavy atom. The third-order valence-electron chi connectivity index (χ3n) is 10.9. The van der Waals surface area contributed by atoms with Crippen molar-refractivity contribution in [2.75, 3.05) is 13.2 Å². The minimum absolute atomic E-state index is 0.228. The SMILES string of the molecule is CCCCCCCC/C=C\CCCCCCCC(=O)N(CCCCCCCCCCCCCC)[C@@]1(NC(=O)[C@H](C)NC(=O)[C@H](C)N)C[C@@H](O)[C@H](O)[C@@H](CO)O1. The average Bonchev–Trinajstić information content (AvgIpc) is 3.16. The number of ether oxygens (including phenoxy) is 1. The Balaban J connectivity index is 2.87. The second-order valence-electron chi connectivity index (χ2n) is 16.2. The van der Waals surface area contributed by atoms with Gasteiger partial charge in [0, 0.05) is 19.4 Å². The summed E-state index contributed by atoms with van der Waals surface area (Å²) in [6.07, 6.45) is 29.3. The first-order valence-corrected chi connectivity index (χ1v) is 22.5. The molecule has 11 nitrogen and oxygen atoms in total. The zero-order chi connectivity index (χ0) is 40.7. The summed E-state index contributed by atoms with van der Waals surface area (Å²) in [5.74, 6) is -3.21. The molecule has 0 radical (unpaired) electrons. The van der Waals surface area contributed by atoms with Crippen LogP contribution in [-0.2, 0) is 19.1 Å². The Labute approximate surface area is 335 Å². The van der Waals surface area contributed by atoms with Crippen molar-refractivity contribution < 1.29 is 34.4 Å². The maximum atomic E-state index is 14.1. The van der Waals surface area contributed by atoms with Crippen LogP contribution in [0.1, 0.15) is 201 Å². The molecule has 1 saturated heterocycles. The third kappa shape index (κ3) is 22.5. The number of nitrogens with one attached hydrogen (secondary N) is 2. The van der Waals surface area contributed by atoms with Crippen LogP contribution in [0.2, 0.25) is 0 Å². The van der Waals surface area contributed by atoms with Crippen molar-refractivity contribution in [3.8, 4) is 0 Å². The molecular weight excluding hydrogens is 697 g/mol. The standard InChI is InChI=1S/C44H84N4O7/c1-5-7-9-11-13-15-17-19-20-21-22-24-26-28-30-32-40(51)48(33-31-29-27-25-23-18-16-14-12-10-8-6-2)44(34-38(50)41(52)39(35-49)55-44)47-43(54)37(4)46-42(53)36(3)45/h19-20,36-39,41,49-50,52H,5-18,21-35,45H2,1-4H3,(H,46,53)(H,47,54)/b20-19-/t36-,37-,38+,39+,41-,44-/m0/s1. The second-order valence-corrected chi connectivity index (χ2v) is 16.2. The van der Waals surface area contributed by atoms with Gasteiger partial charge in [0.05, 0.1) is 18.8 Å². The van der Waals surface area contributed by atoms with Gasteiger partial charge in [0.25, 0.3) is 0 Å². The molecule has 1 heterocycles. The number of hydrogen-bond donors (Lipinski definition) is 6. The lowest BCUT2D eigenvalue weighted by Crippen LogP contribution is -2.72. The van der Waals surface area contributed by atoms with Crippen LogP contribution in [-0.4, -0.2) is 87.3 Å². The van der Waals surface area contributed by atoms with Crippen molar-refractivity contribution in [3.05, 3.63) is 12.2 Å². The summed E-state index contributed by atoms with van der Waals surface area (Å²) in [4.78, 5) is 41.5. The van der Waals surface area contributed by atoms with Crippen LogP contribution in [0.4, 0.5) is 0 Å². The van der Waals surface area contributed by atoms with Crippen LogP contribution >= 0.6 is 0 Å². The number of aliphatic hydroxyl groups excluding tert-OH is 3. The number of allylic oxidation sites excluding steroid dienone is 2. The van der Waals surface area contributed by atoms with Crippen LogP contribution in [0.15, 0.2) is 12.2 Å². The number of unbranched alkanes of at least 4 members (excludes halogenated alkanes) is 22. The van der Waals surface area contributed by atoms with E-state index in [1.807, 2.05) is 0 Å². The predicted molar refractivity (Wildman–Crippen MR) is 223 cm³/mol. The smallest absolute Gasteiger partial charge is 0.245 e. The van der Waals surface area contributed by atoms with Crippen molar-refractivity contribution >= 4 is 17.7 Å². The van der Waals surface area contributed by atoms with Gasteiger partial charge < -0.3 is 36.4 Å². The van der Waals surface area contributed by atoms with Gasteiger partial charge in [-0.15, -0.1) is 0 Å². The van der Waals surface area contributed by atoms with Gasteiger partial charge in [-0.05, 0) is 52.4 Å². The zero-order valence-electron chi connectivity index (χ0n) is 35.5. The average molecular weight is 781 g/mol. The van der Waals surface area contributed by atoms with Crippen LogP contribution in [0.5, 0.6) is 0 Å². The van der Waals surface area contributed by atoms with Gasteiger partial charge in [-0.2, -0.15) is 0 Å². The van der Waals surface area contributed by atoms with Gasteiger partial charge in [0.15, 0.2) is 0 Å². The number of aliphatic hydroxyl groups is 3. The number of nitrogens with two attached hydrogens (primary N) is 1. The molecule has 7 N–H and O–H groups in total. The van der Waals surface area contributed by atoms with E-state index in [-0.39, 0.29) is 25.3 Å². The number of nitrogens with zero attached hydrogens (tertiary/aromatic N) is 1. The van der Waals surface area contributed by atoms with Crippen LogP contribution < -0.4 is 16.4 Å². The summed E-state index contributed by atoms with van der Waals surface area (Å²) in [5, 5.41) is 37.1. The van der Waals surface area contributed by atoms with Gasteiger partial charge in [-0.1, -0.05) is 148 Å². The Hall–Kier alpha value is -2.05. The van der Waals surface area contributed by atoms with Crippen LogP contribution in [0, 0.1) is 0 Å². The molecule has 0 spiro atoms. The summed E-state index contributed by atoms with van der Waals surface area (Å²) in [5.41, 5.74) is 5.70. The summed E-state index contributed by atoms with van der Waals surface area (Å²) in [7, 11) is 0. The minimum Gasteiger partial charge on any atom is -0.394 e. The molecule has 0 unspecified atom stereocenters. The van der Waals surface area contributed by atoms with E-state index in [1.54, 1.807) is 0 Å². The first-order chi connectivity index (χ1) is 26.5. The van der Waals surface area contributed by atoms with E-state index in [4.69, 9.17) is 10.5 Å². The summed E-state index contributed by atoms with van der Waals surface area (Å²) >= 11 is 0. The molecule has 1 rings (SSSR count). The fraction of sp³-hybridized carbons (Fsp3) is 0.886. The third-order valence-corrected chi connectivity index (χ3v) is 10.9. The number of carbonyl (C=O) groups is 3. The molecule has 55 heavy (non-hydrogen) atoms. The molecule has 0 aromatic rings. The van der Waals surface area contributed by atoms with Gasteiger partial charge in [-0.25, -0.2) is 0 Å². The topological polar surface area (TPSA) is 174 Å². The van der Waals surface area contributed by atoms with E-state index in [9.17, 15) is 29.7 Å². The molecule has 0 aromatic carbocycles. The van der Waals surface area contributed by atoms with Crippen LogP contribution in [0.3, 0.4) is 0 Å². The Bertz CT molecular complexity index is 1030. The Morgan fingerprint density at radius 2 is 1.18 bits per heavy atom. The molecular formula is C44H84N4O7. The summed E-state index contributed by atoms with van der Waals surface area (Å²) < 4.78 is 6.22. The largest absolute Gasteiger partial charge is 0.394 e. The minimum atomic E-state index is -1.83. The van der Waals surface area contributed by atoms with E-state index < -0.39 is 54.7 Å². The first-order valence-electron chi connectivity index (χ1n) is 22.5. The Kier molecular flexibility index (Phi) is 29.6. The van der Waals surface area contributed by atoms with E-state index in [2.05, 4.69) is 36.6 Å². The highest BCUT2D eigenvalue weighted by Crippen LogP contribution is 2.32. The lowest BCUT2D eigenvalue weighted by molar-refractivity contribution is -0.280. The highest BCUT2D eigenvalue weighted by molar-refractivity contribution is 5.89. The highest BCUT2D eigenvalue weighted by Gasteiger charge is 2.52. The predicted octanol–water partition coefficient (Wildman–Crippen LogP) is 7.68. The van der Waals surface area contributed by atoms with Crippen molar-refractivity contribution in [2.45, 2.75) is 237 Å². The van der Waals surface area contributed by atoms with E-state index in [0.29, 0.717) is 12.8 Å². The van der Waals surface area contributed by atoms with Crippen molar-refractivity contribution in [1.82, 2.24) is 15.5 Å². The van der Waals surface area contributed by atoms with E-state index in [1.165, 1.54) is 109 Å². The maximum Gasteiger partial charge on any atom is 0.245 e. The highest BCUT2D eigenvalue weighted by atomic mass is 16.6. The van der Waals surface area contributed by atoms with Gasteiger partial charge in [0.1, 0.15) is 18.2 Å². The lowest BCUT2D eigenvalue weighted by atomic mass is 9.96. The molecule has 322 valence electrons. The first kappa shape index (κ1) is 51.0. The van der Waals surface area contributed by atoms with Gasteiger partial charge >= 0.3 is 0 Å². The maximum absolute atomic E-state index is 14.1. The molecule has 0 saturated carbocycles. The molecule has 1 aliphatic heterocycles. The summed E-state index contributed by atoms with van der Waals surface area (Å²) in [6.45, 7) is 7.14. The molecule has 11 heteroatoms. The van der Waals surface area contributed by atoms with E-state index >= 15 is 0 Å². The molecule has 3 amide bonds. The van der Waals surface area contributed by atoms with Gasteiger partial charge in [-0.3, -0.25) is 19.3 Å². The fourth-order valence-corrected chi connectivity index (χ4v) is 7.30. The molecule has 1 aliphatic rings. The fourth-order valence-electron chi connectivity index (χ4n) is 7.30. The number of rotatable bonds is 34. The van der Waals surface area contributed by atoms with Crippen molar-refractivity contribution in [2.24, 2.45) is 5.73 Å². The number of hydrogen-bond acceptors (Lipinski definition) is 8. The number of amides is 3.